The van der Waals surface area contributed by atoms with Crippen LogP contribution in [0.15, 0.2) is 22.7 Å². The van der Waals surface area contributed by atoms with Crippen LogP contribution >= 0.6 is 27.5 Å². The first-order chi connectivity index (χ1) is 6.32. The Hall–Kier alpha value is -0.260. The third-order valence-corrected chi connectivity index (χ3v) is 2.80. The molecule has 14 heavy (non-hydrogen) atoms. The van der Waals surface area contributed by atoms with Crippen molar-refractivity contribution in [3.05, 3.63) is 33.3 Å². The SMILES string of the molecule is OC(c1ccc(Br)c(Cl)c1)C(F)(F)F. The van der Waals surface area contributed by atoms with Crippen LogP contribution in [0.2, 0.25) is 5.02 Å². The molecule has 1 nitrogen and oxygen atoms in total. The van der Waals surface area contributed by atoms with E-state index < -0.39 is 12.3 Å². The molecule has 0 fully saturated rings. The lowest BCUT2D eigenvalue weighted by Gasteiger charge is -2.15. The fourth-order valence-electron chi connectivity index (χ4n) is 0.871. The molecule has 0 heterocycles. The van der Waals surface area contributed by atoms with Gasteiger partial charge in [-0.15, -0.1) is 0 Å². The van der Waals surface area contributed by atoms with Crippen molar-refractivity contribution in [1.29, 1.82) is 0 Å². The first kappa shape index (κ1) is 11.8. The first-order valence-corrected chi connectivity index (χ1v) is 4.69. The highest BCUT2D eigenvalue weighted by atomic mass is 79.9. The van der Waals surface area contributed by atoms with Crippen molar-refractivity contribution in [1.82, 2.24) is 0 Å². The second-order valence-electron chi connectivity index (χ2n) is 2.62. The molecule has 1 rings (SSSR count). The van der Waals surface area contributed by atoms with Crippen LogP contribution in [0.5, 0.6) is 0 Å². The maximum absolute atomic E-state index is 12.1. The van der Waals surface area contributed by atoms with E-state index in [0.29, 0.717) is 4.47 Å². The molecular weight excluding hydrogens is 284 g/mol. The number of hydrogen-bond donors (Lipinski definition) is 1. The fraction of sp³-hybridized carbons (Fsp3) is 0.250. The van der Waals surface area contributed by atoms with Crippen LogP contribution in [0.4, 0.5) is 13.2 Å². The van der Waals surface area contributed by atoms with Crippen LogP contribution in [0.3, 0.4) is 0 Å². The van der Waals surface area contributed by atoms with Crippen LogP contribution in [0, 0.1) is 0 Å². The highest BCUT2D eigenvalue weighted by Crippen LogP contribution is 2.34. The molecule has 1 atom stereocenters. The lowest BCUT2D eigenvalue weighted by Crippen LogP contribution is -2.20. The number of halogens is 5. The van der Waals surface area contributed by atoms with Crippen molar-refractivity contribution in [2.24, 2.45) is 0 Å². The molecule has 1 unspecified atom stereocenters. The molecule has 1 aromatic rings. The van der Waals surface area contributed by atoms with Crippen LogP contribution < -0.4 is 0 Å². The normalized spacial score (nSPS) is 14.1. The van der Waals surface area contributed by atoms with E-state index in [2.05, 4.69) is 15.9 Å². The molecule has 0 radical (unpaired) electrons. The Morgan fingerprint density at radius 2 is 1.93 bits per heavy atom. The van der Waals surface area contributed by atoms with Gasteiger partial charge in [0, 0.05) is 4.47 Å². The second-order valence-corrected chi connectivity index (χ2v) is 3.88. The largest absolute Gasteiger partial charge is 0.418 e. The standard InChI is InChI=1S/C8H5BrClF3O/c9-5-2-1-4(3-6(5)10)7(14)8(11,12)13/h1-3,7,14H. The lowest BCUT2D eigenvalue weighted by atomic mass is 10.1. The van der Waals surface area contributed by atoms with Gasteiger partial charge >= 0.3 is 6.18 Å². The van der Waals surface area contributed by atoms with Crippen molar-refractivity contribution in [2.75, 3.05) is 0 Å². The van der Waals surface area contributed by atoms with Crippen LogP contribution in [-0.2, 0) is 0 Å². The van der Waals surface area contributed by atoms with E-state index in [-0.39, 0.29) is 10.6 Å². The van der Waals surface area contributed by atoms with Gasteiger partial charge in [0.15, 0.2) is 6.10 Å². The molecular formula is C8H5BrClF3O. The zero-order chi connectivity index (χ0) is 10.9. The number of alkyl halides is 3. The molecule has 0 saturated carbocycles. The van der Waals surface area contributed by atoms with Crippen molar-refractivity contribution < 1.29 is 18.3 Å². The smallest absolute Gasteiger partial charge is 0.379 e. The minimum Gasteiger partial charge on any atom is -0.379 e. The Balaban J connectivity index is 3.03. The summed E-state index contributed by atoms with van der Waals surface area (Å²) in [6.07, 6.45) is -7.16. The Bertz CT molecular complexity index is 340. The average molecular weight is 289 g/mol. The summed E-state index contributed by atoms with van der Waals surface area (Å²) in [6.45, 7) is 0. The van der Waals surface area contributed by atoms with Gasteiger partial charge in [0.2, 0.25) is 0 Å². The Labute approximate surface area is 91.6 Å². The van der Waals surface area contributed by atoms with Gasteiger partial charge in [-0.1, -0.05) is 17.7 Å². The second kappa shape index (κ2) is 4.08. The summed E-state index contributed by atoms with van der Waals surface area (Å²) in [5.41, 5.74) is -0.272. The van der Waals surface area contributed by atoms with Crippen molar-refractivity contribution in [3.8, 4) is 0 Å². The molecule has 0 spiro atoms. The zero-order valence-corrected chi connectivity index (χ0v) is 8.99. The molecule has 78 valence electrons. The molecule has 0 bridgehead atoms. The van der Waals surface area contributed by atoms with E-state index in [1.165, 1.54) is 6.07 Å². The molecule has 0 aromatic heterocycles. The molecule has 0 amide bonds. The van der Waals surface area contributed by atoms with Gasteiger partial charge in [0.25, 0.3) is 0 Å². The fourth-order valence-corrected chi connectivity index (χ4v) is 1.31. The Morgan fingerprint density at radius 1 is 1.36 bits per heavy atom. The number of aliphatic hydroxyl groups is 1. The summed E-state index contributed by atoms with van der Waals surface area (Å²) in [5, 5.41) is 9.00. The van der Waals surface area contributed by atoms with Gasteiger partial charge < -0.3 is 5.11 Å². The third-order valence-electron chi connectivity index (χ3n) is 1.57. The maximum atomic E-state index is 12.1. The minimum absolute atomic E-state index is 0.130. The van der Waals surface area contributed by atoms with Gasteiger partial charge in [-0.05, 0) is 33.6 Å². The van der Waals surface area contributed by atoms with Gasteiger partial charge in [-0.3, -0.25) is 0 Å². The molecule has 1 N–H and O–H groups in total. The zero-order valence-electron chi connectivity index (χ0n) is 6.65. The summed E-state index contributed by atoms with van der Waals surface area (Å²) in [4.78, 5) is 0. The number of rotatable bonds is 1. The molecule has 0 aliphatic rings. The van der Waals surface area contributed by atoms with Gasteiger partial charge in [-0.2, -0.15) is 13.2 Å². The highest BCUT2D eigenvalue weighted by molar-refractivity contribution is 9.10. The van der Waals surface area contributed by atoms with E-state index in [1.807, 2.05) is 0 Å². The highest BCUT2D eigenvalue weighted by Gasteiger charge is 2.39. The van der Waals surface area contributed by atoms with Crippen molar-refractivity contribution in [2.45, 2.75) is 12.3 Å². The third kappa shape index (κ3) is 2.62. The van der Waals surface area contributed by atoms with E-state index in [1.54, 1.807) is 0 Å². The van der Waals surface area contributed by atoms with Crippen LogP contribution in [0.1, 0.15) is 11.7 Å². The monoisotopic (exact) mass is 288 g/mol. The molecule has 6 heteroatoms. The number of benzene rings is 1. The quantitative estimate of drug-likeness (QED) is 0.836. The van der Waals surface area contributed by atoms with Crippen molar-refractivity contribution in [3.63, 3.8) is 0 Å². The summed E-state index contributed by atoms with van der Waals surface area (Å²) in [6, 6.07) is 3.59. The van der Waals surface area contributed by atoms with Gasteiger partial charge in [0.05, 0.1) is 5.02 Å². The summed E-state index contributed by atoms with van der Waals surface area (Å²) in [7, 11) is 0. The predicted octanol–water partition coefficient (Wildman–Crippen LogP) is 3.70. The van der Waals surface area contributed by atoms with Crippen LogP contribution in [0.25, 0.3) is 0 Å². The number of hydrogen-bond acceptors (Lipinski definition) is 1. The van der Waals surface area contributed by atoms with Crippen LogP contribution in [-0.4, -0.2) is 11.3 Å². The molecule has 0 saturated heterocycles. The number of aliphatic hydroxyl groups excluding tert-OH is 1. The van der Waals surface area contributed by atoms with Gasteiger partial charge in [-0.25, -0.2) is 0 Å². The minimum atomic E-state index is -4.67. The van der Waals surface area contributed by atoms with E-state index >= 15 is 0 Å². The van der Waals surface area contributed by atoms with E-state index in [4.69, 9.17) is 16.7 Å². The van der Waals surface area contributed by atoms with E-state index in [0.717, 1.165) is 12.1 Å². The maximum Gasteiger partial charge on any atom is 0.418 e. The topological polar surface area (TPSA) is 20.2 Å². The molecule has 1 aromatic carbocycles. The Morgan fingerprint density at radius 3 is 2.36 bits per heavy atom. The first-order valence-electron chi connectivity index (χ1n) is 3.52. The lowest BCUT2D eigenvalue weighted by molar-refractivity contribution is -0.206. The van der Waals surface area contributed by atoms with E-state index in [9.17, 15) is 13.2 Å². The molecule has 0 aliphatic heterocycles. The molecule has 0 aliphatic carbocycles. The summed E-state index contributed by atoms with van der Waals surface area (Å²) in [5.74, 6) is 0. The Kier molecular flexibility index (Phi) is 3.44. The predicted molar refractivity (Wildman–Crippen MR) is 50.2 cm³/mol. The summed E-state index contributed by atoms with van der Waals surface area (Å²) >= 11 is 8.62. The van der Waals surface area contributed by atoms with Gasteiger partial charge in [0.1, 0.15) is 0 Å². The van der Waals surface area contributed by atoms with Crippen molar-refractivity contribution >= 4 is 27.5 Å². The average Bonchev–Trinajstić information content (AvgIpc) is 2.07. The summed E-state index contributed by atoms with van der Waals surface area (Å²) < 4.78 is 36.7.